The molecule has 3 rings (SSSR count). The molecule has 0 unspecified atom stereocenters. The minimum atomic E-state index is -0.442. The number of rotatable bonds is 5. The molecule has 2 amide bonds. The smallest absolute Gasteiger partial charge is 0.337 e. The van der Waals surface area contributed by atoms with Gasteiger partial charge >= 0.3 is 12.0 Å². The first kappa shape index (κ1) is 18.2. The maximum absolute atomic E-state index is 12.3. The standard InChI is InChI=1S/C16H20N6O3S/c1-5-25-13(23)12-10(4)18-15(24)19-11(12)7-26-16-21-20-14-17-8(2)6-9(3)22(14)16/h6,10H,5,7H2,1-4H3,(H2,18,19,24)/t10-/m1/s1. The number of nitrogens with zero attached hydrogens (tertiary/aromatic N) is 4. The van der Waals surface area contributed by atoms with Crippen LogP contribution in [0, 0.1) is 13.8 Å². The largest absolute Gasteiger partial charge is 0.463 e. The summed E-state index contributed by atoms with van der Waals surface area (Å²) in [5.74, 6) is 0.426. The van der Waals surface area contributed by atoms with Crippen LogP contribution < -0.4 is 10.6 Å². The van der Waals surface area contributed by atoms with Crippen LogP contribution in [-0.4, -0.2) is 50.0 Å². The van der Waals surface area contributed by atoms with Crippen molar-refractivity contribution in [1.29, 1.82) is 0 Å². The fourth-order valence-corrected chi connectivity index (χ4v) is 3.78. The van der Waals surface area contributed by atoms with Crippen molar-refractivity contribution in [3.63, 3.8) is 0 Å². The number of aromatic nitrogens is 4. The first-order valence-corrected chi connectivity index (χ1v) is 9.19. The molecule has 0 saturated carbocycles. The summed E-state index contributed by atoms with van der Waals surface area (Å²) in [7, 11) is 0. The summed E-state index contributed by atoms with van der Waals surface area (Å²) in [4.78, 5) is 28.4. The van der Waals surface area contributed by atoms with Gasteiger partial charge in [-0.3, -0.25) is 4.40 Å². The Morgan fingerprint density at radius 3 is 2.88 bits per heavy atom. The maximum Gasteiger partial charge on any atom is 0.337 e. The minimum Gasteiger partial charge on any atom is -0.463 e. The molecule has 0 spiro atoms. The third-order valence-electron chi connectivity index (χ3n) is 3.87. The first-order valence-electron chi connectivity index (χ1n) is 8.20. The molecule has 26 heavy (non-hydrogen) atoms. The van der Waals surface area contributed by atoms with E-state index < -0.39 is 12.0 Å². The van der Waals surface area contributed by atoms with E-state index in [1.807, 2.05) is 24.3 Å². The molecule has 0 aromatic carbocycles. The lowest BCUT2D eigenvalue weighted by molar-refractivity contribution is -0.138. The molecule has 1 aliphatic heterocycles. The second kappa shape index (κ2) is 7.32. The summed E-state index contributed by atoms with van der Waals surface area (Å²) in [6, 6.07) is 1.17. The second-order valence-corrected chi connectivity index (χ2v) is 6.82. The van der Waals surface area contributed by atoms with Crippen molar-refractivity contribution in [2.45, 2.75) is 38.9 Å². The van der Waals surface area contributed by atoms with E-state index in [9.17, 15) is 9.59 Å². The fraction of sp³-hybridized carbons (Fsp3) is 0.438. The highest BCUT2D eigenvalue weighted by molar-refractivity contribution is 7.99. The van der Waals surface area contributed by atoms with Gasteiger partial charge in [0.25, 0.3) is 5.78 Å². The lowest BCUT2D eigenvalue weighted by Gasteiger charge is -2.26. The molecular weight excluding hydrogens is 356 g/mol. The van der Waals surface area contributed by atoms with E-state index in [-0.39, 0.29) is 12.6 Å². The number of hydrogen-bond donors (Lipinski definition) is 2. The molecule has 0 saturated heterocycles. The summed E-state index contributed by atoms with van der Waals surface area (Å²) < 4.78 is 6.96. The SMILES string of the molecule is CCOC(=O)C1=C(CSc2nnc3nc(C)cc(C)n23)NC(=O)N[C@@H]1C. The Morgan fingerprint density at radius 1 is 1.38 bits per heavy atom. The van der Waals surface area contributed by atoms with Gasteiger partial charge < -0.3 is 15.4 Å². The molecule has 0 aliphatic carbocycles. The number of fused-ring (bicyclic) bond motifs is 1. The van der Waals surface area contributed by atoms with Gasteiger partial charge in [-0.05, 0) is 33.8 Å². The summed E-state index contributed by atoms with van der Waals surface area (Å²) in [5.41, 5.74) is 2.76. The molecule has 9 nitrogen and oxygen atoms in total. The molecule has 10 heteroatoms. The molecule has 138 valence electrons. The zero-order valence-electron chi connectivity index (χ0n) is 15.0. The van der Waals surface area contributed by atoms with Crippen LogP contribution in [0.2, 0.25) is 0 Å². The predicted molar refractivity (Wildman–Crippen MR) is 95.8 cm³/mol. The average molecular weight is 376 g/mol. The van der Waals surface area contributed by atoms with Gasteiger partial charge in [-0.2, -0.15) is 0 Å². The van der Waals surface area contributed by atoms with Gasteiger partial charge in [0.05, 0.1) is 18.2 Å². The quantitative estimate of drug-likeness (QED) is 0.599. The predicted octanol–water partition coefficient (Wildman–Crippen LogP) is 1.35. The monoisotopic (exact) mass is 376 g/mol. The average Bonchev–Trinajstić information content (AvgIpc) is 2.95. The number of esters is 1. The van der Waals surface area contributed by atoms with Crippen molar-refractivity contribution in [3.05, 3.63) is 28.7 Å². The maximum atomic E-state index is 12.3. The normalized spacial score (nSPS) is 17.2. The summed E-state index contributed by atoms with van der Waals surface area (Å²) in [6.45, 7) is 7.61. The number of carbonyl (C=O) groups is 2. The highest BCUT2D eigenvalue weighted by Gasteiger charge is 2.29. The lowest BCUT2D eigenvalue weighted by Crippen LogP contribution is -2.49. The lowest BCUT2D eigenvalue weighted by atomic mass is 10.1. The summed E-state index contributed by atoms with van der Waals surface area (Å²) in [6.07, 6.45) is 0. The van der Waals surface area contributed by atoms with E-state index in [1.165, 1.54) is 11.8 Å². The topological polar surface area (TPSA) is 111 Å². The summed E-state index contributed by atoms with van der Waals surface area (Å²) >= 11 is 1.37. The van der Waals surface area contributed by atoms with E-state index >= 15 is 0 Å². The molecule has 0 bridgehead atoms. The van der Waals surface area contributed by atoms with E-state index in [0.29, 0.717) is 28.0 Å². The van der Waals surface area contributed by atoms with Crippen LogP contribution in [-0.2, 0) is 9.53 Å². The van der Waals surface area contributed by atoms with Gasteiger partial charge in [-0.25, -0.2) is 14.6 Å². The van der Waals surface area contributed by atoms with Crippen LogP contribution in [0.5, 0.6) is 0 Å². The molecule has 1 aliphatic rings. The van der Waals surface area contributed by atoms with E-state index in [1.54, 1.807) is 13.8 Å². The number of urea groups is 1. The minimum absolute atomic E-state index is 0.266. The second-order valence-electron chi connectivity index (χ2n) is 5.88. The Hall–Kier alpha value is -2.62. The number of hydrogen-bond acceptors (Lipinski definition) is 7. The van der Waals surface area contributed by atoms with Crippen molar-refractivity contribution >= 4 is 29.5 Å². The van der Waals surface area contributed by atoms with Gasteiger partial charge in [0.2, 0.25) is 0 Å². The molecule has 2 N–H and O–H groups in total. The van der Waals surface area contributed by atoms with Crippen molar-refractivity contribution in [2.75, 3.05) is 12.4 Å². The van der Waals surface area contributed by atoms with Gasteiger partial charge in [-0.15, -0.1) is 10.2 Å². The van der Waals surface area contributed by atoms with Gasteiger partial charge in [0, 0.05) is 22.8 Å². The number of nitrogens with one attached hydrogen (secondary N) is 2. The highest BCUT2D eigenvalue weighted by Crippen LogP contribution is 2.24. The van der Waals surface area contributed by atoms with Crippen LogP contribution in [0.1, 0.15) is 25.2 Å². The summed E-state index contributed by atoms with van der Waals surface area (Å²) in [5, 5.41) is 14.3. The van der Waals surface area contributed by atoms with E-state index in [0.717, 1.165) is 11.4 Å². The zero-order valence-corrected chi connectivity index (χ0v) is 15.8. The molecule has 3 heterocycles. The van der Waals surface area contributed by atoms with Gasteiger partial charge in [0.15, 0.2) is 5.16 Å². The van der Waals surface area contributed by atoms with Crippen LogP contribution in [0.4, 0.5) is 4.79 Å². The number of aryl methyl sites for hydroxylation is 2. The molecule has 1 atom stereocenters. The van der Waals surface area contributed by atoms with E-state index in [2.05, 4.69) is 25.8 Å². The van der Waals surface area contributed by atoms with Crippen molar-refractivity contribution in [1.82, 2.24) is 30.2 Å². The first-order chi connectivity index (χ1) is 12.4. The molecule has 2 aromatic rings. The van der Waals surface area contributed by atoms with Crippen molar-refractivity contribution < 1.29 is 14.3 Å². The molecule has 0 radical (unpaired) electrons. The van der Waals surface area contributed by atoms with Crippen LogP contribution >= 0.6 is 11.8 Å². The van der Waals surface area contributed by atoms with Crippen molar-refractivity contribution in [2.24, 2.45) is 0 Å². The molecule has 0 fully saturated rings. The van der Waals surface area contributed by atoms with Crippen LogP contribution in [0.25, 0.3) is 5.78 Å². The third kappa shape index (κ3) is 3.50. The number of ether oxygens (including phenoxy) is 1. The van der Waals surface area contributed by atoms with Gasteiger partial charge in [0.1, 0.15) is 0 Å². The Morgan fingerprint density at radius 2 is 2.15 bits per heavy atom. The molecule has 2 aromatic heterocycles. The Bertz CT molecular complexity index is 907. The van der Waals surface area contributed by atoms with E-state index in [4.69, 9.17) is 4.74 Å². The Kier molecular flexibility index (Phi) is 5.12. The van der Waals surface area contributed by atoms with Gasteiger partial charge in [-0.1, -0.05) is 11.8 Å². The fourth-order valence-electron chi connectivity index (χ4n) is 2.82. The van der Waals surface area contributed by atoms with Crippen LogP contribution in [0.15, 0.2) is 22.5 Å². The Labute approximate surface area is 154 Å². The highest BCUT2D eigenvalue weighted by atomic mass is 32.2. The number of thioether (sulfide) groups is 1. The Balaban J connectivity index is 1.90. The number of carbonyl (C=O) groups excluding carboxylic acids is 2. The zero-order chi connectivity index (χ0) is 18.8. The molecular formula is C16H20N6O3S. The number of amides is 2. The van der Waals surface area contributed by atoms with Crippen LogP contribution in [0.3, 0.4) is 0 Å². The van der Waals surface area contributed by atoms with Crippen molar-refractivity contribution in [3.8, 4) is 0 Å². The third-order valence-corrected chi connectivity index (χ3v) is 4.83.